The molecule has 4 heteroatoms. The summed E-state index contributed by atoms with van der Waals surface area (Å²) >= 11 is 5.45. The normalized spacial score (nSPS) is 19.8. The number of rotatable bonds is 2. The number of benzene rings is 1. The van der Waals surface area contributed by atoms with Crippen molar-refractivity contribution in [1.82, 2.24) is 0 Å². The summed E-state index contributed by atoms with van der Waals surface area (Å²) in [6.07, 6.45) is 0.218. The van der Waals surface area contributed by atoms with Crippen LogP contribution in [0.5, 0.6) is 0 Å². The van der Waals surface area contributed by atoms with Gasteiger partial charge in [-0.15, -0.1) is 0 Å². The van der Waals surface area contributed by atoms with Crippen LogP contribution in [-0.2, 0) is 9.59 Å². The van der Waals surface area contributed by atoms with E-state index in [1.165, 1.54) is 0 Å². The number of carbonyl (C=O) groups excluding carboxylic acids is 2. The smallest absolute Gasteiger partial charge is 0.227 e. The average molecular weight is 252 g/mol. The predicted molar refractivity (Wildman–Crippen MR) is 67.2 cm³/mol. The second kappa shape index (κ2) is 4.49. The zero-order valence-electron chi connectivity index (χ0n) is 9.87. The second-order valence-electron chi connectivity index (χ2n) is 4.50. The minimum Gasteiger partial charge on any atom is -0.311 e. The number of hydrogen-bond donors (Lipinski definition) is 0. The molecule has 1 heterocycles. The van der Waals surface area contributed by atoms with Crippen LogP contribution in [0.1, 0.15) is 17.5 Å². The van der Waals surface area contributed by atoms with E-state index in [2.05, 4.69) is 0 Å². The maximum atomic E-state index is 11.8. The molecule has 0 bridgehead atoms. The number of amides is 1. The van der Waals surface area contributed by atoms with E-state index < -0.39 is 5.24 Å². The SMILES string of the molecule is Cc1ccc(N2C[C@H](C(=O)Cl)CC2=O)c(C)c1. The van der Waals surface area contributed by atoms with E-state index in [1.807, 2.05) is 32.0 Å². The molecule has 1 aliphatic heterocycles. The molecule has 1 aromatic carbocycles. The largest absolute Gasteiger partial charge is 0.311 e. The summed E-state index contributed by atoms with van der Waals surface area (Å²) in [7, 11) is 0. The van der Waals surface area contributed by atoms with Gasteiger partial charge in [0.15, 0.2) is 0 Å². The molecule has 17 heavy (non-hydrogen) atoms. The first-order valence-corrected chi connectivity index (χ1v) is 5.94. The molecule has 0 unspecified atom stereocenters. The Morgan fingerprint density at radius 2 is 2.12 bits per heavy atom. The number of aryl methyl sites for hydroxylation is 2. The molecule has 3 nitrogen and oxygen atoms in total. The zero-order valence-corrected chi connectivity index (χ0v) is 10.6. The van der Waals surface area contributed by atoms with Gasteiger partial charge in [0.1, 0.15) is 0 Å². The quantitative estimate of drug-likeness (QED) is 0.757. The summed E-state index contributed by atoms with van der Waals surface area (Å²) in [6, 6.07) is 5.91. The molecule has 0 radical (unpaired) electrons. The zero-order chi connectivity index (χ0) is 12.6. The fraction of sp³-hybridized carbons (Fsp3) is 0.385. The summed E-state index contributed by atoms with van der Waals surface area (Å²) in [5.41, 5.74) is 3.07. The van der Waals surface area contributed by atoms with Crippen LogP contribution in [0.25, 0.3) is 0 Å². The Kier molecular flexibility index (Phi) is 3.20. The highest BCUT2D eigenvalue weighted by Crippen LogP contribution is 2.29. The van der Waals surface area contributed by atoms with E-state index in [9.17, 15) is 9.59 Å². The third-order valence-electron chi connectivity index (χ3n) is 3.09. The number of nitrogens with zero attached hydrogens (tertiary/aromatic N) is 1. The van der Waals surface area contributed by atoms with Crippen molar-refractivity contribution in [1.29, 1.82) is 0 Å². The molecule has 0 N–H and O–H groups in total. The number of hydrogen-bond acceptors (Lipinski definition) is 2. The Morgan fingerprint density at radius 3 is 2.65 bits per heavy atom. The Morgan fingerprint density at radius 1 is 1.41 bits per heavy atom. The lowest BCUT2D eigenvalue weighted by atomic mass is 10.1. The van der Waals surface area contributed by atoms with E-state index in [0.717, 1.165) is 16.8 Å². The van der Waals surface area contributed by atoms with Gasteiger partial charge in [-0.3, -0.25) is 9.59 Å². The summed E-state index contributed by atoms with van der Waals surface area (Å²) in [6.45, 7) is 4.37. The van der Waals surface area contributed by atoms with Crippen molar-refractivity contribution in [2.24, 2.45) is 5.92 Å². The van der Waals surface area contributed by atoms with Crippen molar-refractivity contribution in [3.63, 3.8) is 0 Å². The predicted octanol–water partition coefficient (Wildman–Crippen LogP) is 2.42. The van der Waals surface area contributed by atoms with Crippen molar-refractivity contribution < 1.29 is 9.59 Å². The van der Waals surface area contributed by atoms with Crippen LogP contribution in [0.15, 0.2) is 18.2 Å². The van der Waals surface area contributed by atoms with Crippen LogP contribution in [0.4, 0.5) is 5.69 Å². The van der Waals surface area contributed by atoms with Crippen molar-refractivity contribution in [3.05, 3.63) is 29.3 Å². The number of anilines is 1. The molecule has 0 spiro atoms. The molecule has 1 atom stereocenters. The highest BCUT2D eigenvalue weighted by molar-refractivity contribution is 6.64. The Bertz CT molecular complexity index is 484. The van der Waals surface area contributed by atoms with Crippen LogP contribution in [0, 0.1) is 19.8 Å². The van der Waals surface area contributed by atoms with E-state index in [-0.39, 0.29) is 18.2 Å². The minimum atomic E-state index is -0.425. The second-order valence-corrected chi connectivity index (χ2v) is 4.87. The van der Waals surface area contributed by atoms with Crippen molar-refractivity contribution in [3.8, 4) is 0 Å². The molecular formula is C13H14ClNO2. The molecule has 1 amide bonds. The van der Waals surface area contributed by atoms with Gasteiger partial charge in [-0.05, 0) is 37.1 Å². The van der Waals surface area contributed by atoms with E-state index in [1.54, 1.807) is 4.90 Å². The molecule has 1 fully saturated rings. The third-order valence-corrected chi connectivity index (χ3v) is 3.40. The van der Waals surface area contributed by atoms with Crippen LogP contribution in [-0.4, -0.2) is 17.7 Å². The van der Waals surface area contributed by atoms with Crippen LogP contribution >= 0.6 is 11.6 Å². The molecule has 0 aliphatic carbocycles. The van der Waals surface area contributed by atoms with Gasteiger partial charge in [0.05, 0.1) is 5.92 Å². The number of carbonyl (C=O) groups is 2. The highest BCUT2D eigenvalue weighted by atomic mass is 35.5. The van der Waals surface area contributed by atoms with Gasteiger partial charge in [-0.25, -0.2) is 0 Å². The van der Waals surface area contributed by atoms with Crippen molar-refractivity contribution in [2.75, 3.05) is 11.4 Å². The standard InChI is InChI=1S/C13H14ClNO2/c1-8-3-4-11(9(2)5-8)15-7-10(13(14)17)6-12(15)16/h3-5,10H,6-7H2,1-2H3/t10-/m1/s1. The molecule has 1 aliphatic rings. The molecule has 0 aromatic heterocycles. The van der Waals surface area contributed by atoms with Gasteiger partial charge in [-0.1, -0.05) is 17.7 Å². The Hall–Kier alpha value is -1.35. The number of halogens is 1. The first-order valence-electron chi connectivity index (χ1n) is 5.56. The van der Waals surface area contributed by atoms with Gasteiger partial charge >= 0.3 is 0 Å². The fourth-order valence-electron chi connectivity index (χ4n) is 2.20. The van der Waals surface area contributed by atoms with E-state index in [0.29, 0.717) is 6.54 Å². The van der Waals surface area contributed by atoms with Crippen molar-refractivity contribution in [2.45, 2.75) is 20.3 Å². The minimum absolute atomic E-state index is 0.0315. The van der Waals surface area contributed by atoms with Gasteiger partial charge < -0.3 is 4.90 Å². The van der Waals surface area contributed by atoms with Crippen LogP contribution < -0.4 is 4.90 Å². The van der Waals surface area contributed by atoms with Gasteiger partial charge in [-0.2, -0.15) is 0 Å². The molecule has 1 aromatic rings. The summed E-state index contributed by atoms with van der Waals surface area (Å²) in [4.78, 5) is 24.6. The van der Waals surface area contributed by atoms with E-state index >= 15 is 0 Å². The summed E-state index contributed by atoms with van der Waals surface area (Å²) in [5.74, 6) is -0.402. The van der Waals surface area contributed by atoms with Crippen LogP contribution in [0.2, 0.25) is 0 Å². The topological polar surface area (TPSA) is 37.4 Å². The molecule has 0 saturated carbocycles. The maximum Gasteiger partial charge on any atom is 0.227 e. The third kappa shape index (κ3) is 2.34. The first kappa shape index (κ1) is 12.1. The van der Waals surface area contributed by atoms with Crippen molar-refractivity contribution >= 4 is 28.4 Å². The lowest BCUT2D eigenvalue weighted by molar-refractivity contribution is -0.120. The summed E-state index contributed by atoms with van der Waals surface area (Å²) in [5, 5.41) is -0.425. The van der Waals surface area contributed by atoms with Gasteiger partial charge in [0.2, 0.25) is 11.1 Å². The molecule has 90 valence electrons. The first-order chi connectivity index (χ1) is 7.99. The fourth-order valence-corrected chi connectivity index (χ4v) is 2.35. The molecule has 1 saturated heterocycles. The highest BCUT2D eigenvalue weighted by Gasteiger charge is 2.34. The Labute approximate surface area is 105 Å². The lowest BCUT2D eigenvalue weighted by Gasteiger charge is -2.19. The molecular weight excluding hydrogens is 238 g/mol. The summed E-state index contributed by atoms with van der Waals surface area (Å²) < 4.78 is 0. The lowest BCUT2D eigenvalue weighted by Crippen LogP contribution is -2.25. The van der Waals surface area contributed by atoms with Crippen LogP contribution in [0.3, 0.4) is 0 Å². The van der Waals surface area contributed by atoms with E-state index in [4.69, 9.17) is 11.6 Å². The molecule has 2 rings (SSSR count). The Balaban J connectivity index is 2.29. The average Bonchev–Trinajstić information content (AvgIpc) is 2.61. The maximum absolute atomic E-state index is 11.8. The van der Waals surface area contributed by atoms with Gasteiger partial charge in [0, 0.05) is 18.7 Å². The van der Waals surface area contributed by atoms with Gasteiger partial charge in [0.25, 0.3) is 0 Å². The monoisotopic (exact) mass is 251 g/mol.